The number of carboxylic acids is 1. The number of rotatable bonds is 5. The van der Waals surface area contributed by atoms with E-state index in [0.717, 1.165) is 4.68 Å². The number of alkyl halides is 3. The summed E-state index contributed by atoms with van der Waals surface area (Å²) in [5, 5.41) is 16.6. The molecule has 0 aromatic carbocycles. The van der Waals surface area contributed by atoms with Crippen molar-refractivity contribution in [2.75, 3.05) is 12.0 Å². The molecule has 1 saturated heterocycles. The number of carbonyl (C=O) groups excluding carboxylic acids is 1. The topological polar surface area (TPSA) is 110 Å². The highest BCUT2D eigenvalue weighted by Crippen LogP contribution is 2.43. The van der Waals surface area contributed by atoms with Crippen molar-refractivity contribution >= 4 is 23.3 Å². The number of pyridine rings is 1. The molecule has 9 nitrogen and oxygen atoms in total. The van der Waals surface area contributed by atoms with Gasteiger partial charge in [0.15, 0.2) is 0 Å². The first-order valence-corrected chi connectivity index (χ1v) is 10.3. The Morgan fingerprint density at radius 1 is 1.35 bits per heavy atom. The minimum atomic E-state index is -4.44. The molecular weight excluding hydrogens is 455 g/mol. The maximum absolute atomic E-state index is 13.4. The van der Waals surface area contributed by atoms with Crippen LogP contribution in [0.5, 0.6) is 5.88 Å². The van der Waals surface area contributed by atoms with Gasteiger partial charge in [0.2, 0.25) is 5.88 Å². The largest absolute Gasteiger partial charge is 0.480 e. The summed E-state index contributed by atoms with van der Waals surface area (Å²) in [6.45, 7) is 4.09. The number of allylic oxidation sites excluding steroid dienone is 2. The molecule has 0 spiro atoms. The van der Waals surface area contributed by atoms with E-state index in [4.69, 9.17) is 4.74 Å². The predicted octanol–water partition coefficient (Wildman–Crippen LogP) is 3.00. The number of carboxylic acid groups (broad SMARTS) is 1. The second-order valence-corrected chi connectivity index (χ2v) is 8.39. The summed E-state index contributed by atoms with van der Waals surface area (Å²) in [5.74, 6) is -1.58. The Kier molecular flexibility index (Phi) is 5.41. The zero-order valence-electron chi connectivity index (χ0n) is 18.8. The number of aromatic nitrogens is 3. The van der Waals surface area contributed by atoms with Gasteiger partial charge >= 0.3 is 12.1 Å². The molecular formula is C22H22F3N5O4. The number of anilines is 1. The van der Waals surface area contributed by atoms with Gasteiger partial charge in [0.05, 0.1) is 30.6 Å². The number of nitrogens with one attached hydrogen (secondary N) is 1. The monoisotopic (exact) mass is 477 g/mol. The molecule has 34 heavy (non-hydrogen) atoms. The van der Waals surface area contributed by atoms with Crippen molar-refractivity contribution in [3.05, 3.63) is 53.0 Å². The summed E-state index contributed by atoms with van der Waals surface area (Å²) in [6.07, 6.45) is 1.17. The van der Waals surface area contributed by atoms with E-state index < -0.39 is 30.3 Å². The van der Waals surface area contributed by atoms with Crippen LogP contribution in [0.1, 0.15) is 36.7 Å². The third kappa shape index (κ3) is 3.78. The molecule has 12 heteroatoms. The average molecular weight is 477 g/mol. The van der Waals surface area contributed by atoms with Crippen molar-refractivity contribution in [2.45, 2.75) is 45.1 Å². The molecule has 2 unspecified atom stereocenters. The molecule has 0 bridgehead atoms. The van der Waals surface area contributed by atoms with Crippen molar-refractivity contribution in [3.8, 4) is 5.88 Å². The van der Waals surface area contributed by atoms with Gasteiger partial charge in [-0.3, -0.25) is 14.4 Å². The van der Waals surface area contributed by atoms with E-state index in [2.05, 4.69) is 15.4 Å². The van der Waals surface area contributed by atoms with Gasteiger partial charge in [-0.2, -0.15) is 18.3 Å². The first-order valence-electron chi connectivity index (χ1n) is 10.3. The zero-order valence-corrected chi connectivity index (χ0v) is 18.8. The fourth-order valence-electron chi connectivity index (χ4n) is 4.49. The van der Waals surface area contributed by atoms with E-state index in [1.54, 1.807) is 19.9 Å². The Morgan fingerprint density at radius 3 is 2.68 bits per heavy atom. The van der Waals surface area contributed by atoms with Crippen molar-refractivity contribution in [3.63, 3.8) is 0 Å². The molecule has 2 aromatic rings. The lowest BCUT2D eigenvalue weighted by Crippen LogP contribution is -2.52. The van der Waals surface area contributed by atoms with Gasteiger partial charge in [-0.15, -0.1) is 0 Å². The van der Waals surface area contributed by atoms with Crippen molar-refractivity contribution in [1.29, 1.82) is 0 Å². The first-order chi connectivity index (χ1) is 15.9. The lowest BCUT2D eigenvalue weighted by atomic mass is 9.82. The second-order valence-electron chi connectivity index (χ2n) is 8.39. The summed E-state index contributed by atoms with van der Waals surface area (Å²) >= 11 is 0. The third-order valence-corrected chi connectivity index (χ3v) is 6.15. The predicted molar refractivity (Wildman–Crippen MR) is 115 cm³/mol. The summed E-state index contributed by atoms with van der Waals surface area (Å²) in [5.41, 5.74) is 1.36. The van der Waals surface area contributed by atoms with Crippen molar-refractivity contribution in [2.24, 2.45) is 0 Å². The summed E-state index contributed by atoms with van der Waals surface area (Å²) in [6, 6.07) is 0.928. The van der Waals surface area contributed by atoms with Crippen molar-refractivity contribution < 1.29 is 32.6 Å². The average Bonchev–Trinajstić information content (AvgIpc) is 3.26. The SMILES string of the molecule is COc1ncc(C2=CC(C)=C3C(=O)N(c4cnn(CC(F)(F)F)c4)C(C)C3(C)N2)cc1C(=O)O. The lowest BCUT2D eigenvalue weighted by Gasteiger charge is -2.37. The summed E-state index contributed by atoms with van der Waals surface area (Å²) in [7, 11) is 1.32. The van der Waals surface area contributed by atoms with Gasteiger partial charge in [-0.25, -0.2) is 9.78 Å². The summed E-state index contributed by atoms with van der Waals surface area (Å²) < 4.78 is 44.0. The summed E-state index contributed by atoms with van der Waals surface area (Å²) in [4.78, 5) is 30.5. The highest BCUT2D eigenvalue weighted by atomic mass is 19.4. The normalized spacial score (nSPS) is 22.4. The van der Waals surface area contributed by atoms with Crippen LogP contribution in [-0.2, 0) is 11.3 Å². The molecule has 2 aromatic heterocycles. The lowest BCUT2D eigenvalue weighted by molar-refractivity contribution is -0.142. The van der Waals surface area contributed by atoms with E-state index in [0.29, 0.717) is 22.4 Å². The van der Waals surface area contributed by atoms with Gasteiger partial charge in [-0.05, 0) is 38.5 Å². The van der Waals surface area contributed by atoms with Crippen LogP contribution in [0.4, 0.5) is 18.9 Å². The Balaban J connectivity index is 1.70. The quantitative estimate of drug-likeness (QED) is 0.681. The fraction of sp³-hybridized carbons (Fsp3) is 0.364. The molecule has 2 atom stereocenters. The van der Waals surface area contributed by atoms with Gasteiger partial charge in [0.25, 0.3) is 5.91 Å². The maximum Gasteiger partial charge on any atom is 0.408 e. The Morgan fingerprint density at radius 2 is 2.06 bits per heavy atom. The van der Waals surface area contributed by atoms with E-state index in [-0.39, 0.29) is 23.0 Å². The molecule has 1 amide bonds. The molecule has 4 rings (SSSR count). The molecule has 1 fully saturated rings. The van der Waals surface area contributed by atoms with Crippen LogP contribution in [0.25, 0.3) is 5.70 Å². The number of methoxy groups -OCH3 is 1. The minimum Gasteiger partial charge on any atom is -0.480 e. The number of hydrogen-bond donors (Lipinski definition) is 2. The van der Waals surface area contributed by atoms with Gasteiger partial charge in [0.1, 0.15) is 12.1 Å². The smallest absolute Gasteiger partial charge is 0.408 e. The van der Waals surface area contributed by atoms with Crippen LogP contribution in [0.3, 0.4) is 0 Å². The van der Waals surface area contributed by atoms with Crippen molar-refractivity contribution in [1.82, 2.24) is 20.1 Å². The third-order valence-electron chi connectivity index (χ3n) is 6.15. The Labute approximate surface area is 192 Å². The van der Waals surface area contributed by atoms with Gasteiger partial charge < -0.3 is 15.2 Å². The molecule has 0 saturated carbocycles. The molecule has 2 aliphatic heterocycles. The van der Waals surface area contributed by atoms with Gasteiger partial charge in [-0.1, -0.05) is 0 Å². The Bertz CT molecular complexity index is 1250. The number of fused-ring (bicyclic) bond motifs is 1. The fourth-order valence-corrected chi connectivity index (χ4v) is 4.49. The van der Waals surface area contributed by atoms with E-state index in [1.165, 1.54) is 36.7 Å². The van der Waals surface area contributed by atoms with Gasteiger partial charge in [0, 0.05) is 29.2 Å². The molecule has 2 aliphatic rings. The number of amides is 1. The van der Waals surface area contributed by atoms with Crippen LogP contribution >= 0.6 is 0 Å². The number of carbonyl (C=O) groups is 2. The number of halogens is 3. The number of ether oxygens (including phenoxy) is 1. The highest BCUT2D eigenvalue weighted by molar-refractivity contribution is 6.13. The van der Waals surface area contributed by atoms with Crippen LogP contribution in [-0.4, -0.2) is 56.6 Å². The van der Waals surface area contributed by atoms with Crippen LogP contribution < -0.4 is 15.0 Å². The molecule has 0 radical (unpaired) electrons. The van der Waals surface area contributed by atoms with E-state index >= 15 is 0 Å². The molecule has 2 N–H and O–H groups in total. The minimum absolute atomic E-state index is 0.0294. The maximum atomic E-state index is 13.4. The standard InChI is InChI=1S/C22H22F3N5O4/c1-11-5-16(13-6-15(20(32)33)18(34-4)26-7-13)28-21(3)12(2)30(19(31)17(11)21)14-8-27-29(9-14)10-22(23,24)25/h5-9,12,28H,10H2,1-4H3,(H,32,33). The van der Waals surface area contributed by atoms with E-state index in [9.17, 15) is 27.9 Å². The number of dihydropyridines is 1. The number of nitrogens with zero attached hydrogens (tertiary/aromatic N) is 4. The van der Waals surface area contributed by atoms with E-state index in [1.807, 2.05) is 6.92 Å². The molecule has 180 valence electrons. The second kappa shape index (κ2) is 7.89. The molecule has 0 aliphatic carbocycles. The van der Waals surface area contributed by atoms with Crippen LogP contribution in [0.2, 0.25) is 0 Å². The van der Waals surface area contributed by atoms with Crippen LogP contribution in [0.15, 0.2) is 41.9 Å². The Hall–Kier alpha value is -3.83. The van der Waals surface area contributed by atoms with Crippen LogP contribution in [0, 0.1) is 0 Å². The molecule has 4 heterocycles. The number of hydrogen-bond acceptors (Lipinski definition) is 6. The zero-order chi connectivity index (χ0) is 25.0. The first kappa shape index (κ1) is 23.3. The number of aromatic carboxylic acids is 1. The highest BCUT2D eigenvalue weighted by Gasteiger charge is 2.53.